The zero-order chi connectivity index (χ0) is 18.4. The number of hydrogen-bond acceptors (Lipinski definition) is 4. The summed E-state index contributed by atoms with van der Waals surface area (Å²) in [7, 11) is 0. The molecule has 3 rings (SSSR count). The number of nitrogens with zero attached hydrogens (tertiary/aromatic N) is 1. The number of carbonyl (C=O) groups is 1. The maximum atomic E-state index is 11.1. The number of halogens is 1. The van der Waals surface area contributed by atoms with Gasteiger partial charge in [-0.25, -0.2) is 4.98 Å². The largest absolute Gasteiger partial charge is 0.438 e. The second-order valence-electron chi connectivity index (χ2n) is 6.69. The van der Waals surface area contributed by atoms with Crippen molar-refractivity contribution in [3.8, 4) is 11.6 Å². The normalized spacial score (nSPS) is 15.4. The van der Waals surface area contributed by atoms with Crippen LogP contribution in [0.5, 0.6) is 11.6 Å². The Kier molecular flexibility index (Phi) is 6.85. The summed E-state index contributed by atoms with van der Waals surface area (Å²) in [4.78, 5) is 15.2. The second kappa shape index (κ2) is 9.32. The molecule has 3 N–H and O–H groups in total. The topological polar surface area (TPSA) is 77.2 Å². The summed E-state index contributed by atoms with van der Waals surface area (Å²) in [6, 6.07) is 10.1. The summed E-state index contributed by atoms with van der Waals surface area (Å²) in [5.74, 6) is 0.699. The highest BCUT2D eigenvalue weighted by atomic mass is 127. The first kappa shape index (κ1) is 19.1. The van der Waals surface area contributed by atoms with Crippen LogP contribution in [-0.4, -0.2) is 16.9 Å². The number of nitrogens with one attached hydrogen (secondary N) is 1. The third kappa shape index (κ3) is 5.41. The van der Waals surface area contributed by atoms with Gasteiger partial charge in [0.2, 0.25) is 11.8 Å². The zero-order valence-electron chi connectivity index (χ0n) is 14.7. The fourth-order valence-electron chi connectivity index (χ4n) is 3.18. The second-order valence-corrected chi connectivity index (χ2v) is 7.85. The van der Waals surface area contributed by atoms with Gasteiger partial charge in [0.05, 0.1) is 9.13 Å². The Morgan fingerprint density at radius 2 is 1.96 bits per heavy atom. The van der Waals surface area contributed by atoms with Crippen molar-refractivity contribution in [1.82, 2.24) is 10.3 Å². The van der Waals surface area contributed by atoms with E-state index in [9.17, 15) is 4.79 Å². The number of aromatic nitrogens is 1. The van der Waals surface area contributed by atoms with Crippen molar-refractivity contribution in [3.05, 3.63) is 51.2 Å². The van der Waals surface area contributed by atoms with Crippen LogP contribution in [0.1, 0.15) is 54.4 Å². The summed E-state index contributed by atoms with van der Waals surface area (Å²) < 4.78 is 6.85. The Balaban J connectivity index is 1.59. The number of rotatable bonds is 6. The predicted molar refractivity (Wildman–Crippen MR) is 110 cm³/mol. The van der Waals surface area contributed by atoms with Crippen molar-refractivity contribution >= 4 is 28.5 Å². The number of nitrogens with two attached hydrogens (primary N) is 1. The maximum absolute atomic E-state index is 11.1. The van der Waals surface area contributed by atoms with Gasteiger partial charge in [0, 0.05) is 24.8 Å². The standard InChI is InChI=1S/C20H24IN3O2/c21-17-11-14(12-23-16-5-3-1-2-4-6-16)7-9-18(17)26-19-10-8-15(13-24-19)20(22)25/h7-11,13,16,23H,1-6,12H2,(H2,22,25). The molecule has 5 nitrogen and oxygen atoms in total. The molecule has 1 aliphatic carbocycles. The third-order valence-electron chi connectivity index (χ3n) is 4.68. The van der Waals surface area contributed by atoms with E-state index in [0.717, 1.165) is 15.9 Å². The smallest absolute Gasteiger partial charge is 0.250 e. The maximum Gasteiger partial charge on any atom is 0.250 e. The van der Waals surface area contributed by atoms with Gasteiger partial charge in [-0.05, 0) is 59.2 Å². The van der Waals surface area contributed by atoms with Gasteiger partial charge in [0.1, 0.15) is 5.75 Å². The average Bonchev–Trinajstić information content (AvgIpc) is 2.91. The first-order valence-electron chi connectivity index (χ1n) is 9.07. The fourth-order valence-corrected chi connectivity index (χ4v) is 3.87. The van der Waals surface area contributed by atoms with Crippen molar-refractivity contribution in [2.75, 3.05) is 0 Å². The number of hydrogen-bond donors (Lipinski definition) is 2. The molecule has 1 fully saturated rings. The lowest BCUT2D eigenvalue weighted by Gasteiger charge is -2.16. The molecule has 26 heavy (non-hydrogen) atoms. The van der Waals surface area contributed by atoms with Crippen molar-refractivity contribution in [2.24, 2.45) is 5.73 Å². The van der Waals surface area contributed by atoms with Crippen LogP contribution in [0.2, 0.25) is 0 Å². The molecule has 1 heterocycles. The molecule has 1 aliphatic rings. The number of amides is 1. The summed E-state index contributed by atoms with van der Waals surface area (Å²) >= 11 is 2.28. The molecule has 1 aromatic carbocycles. The Morgan fingerprint density at radius 1 is 1.19 bits per heavy atom. The summed E-state index contributed by atoms with van der Waals surface area (Å²) in [6.07, 6.45) is 9.41. The third-order valence-corrected chi connectivity index (χ3v) is 5.52. The van der Waals surface area contributed by atoms with Crippen molar-refractivity contribution in [1.29, 1.82) is 0 Å². The summed E-state index contributed by atoms with van der Waals surface area (Å²) in [5.41, 5.74) is 6.84. The number of primary amides is 1. The van der Waals surface area contributed by atoms with E-state index in [1.807, 2.05) is 6.07 Å². The zero-order valence-corrected chi connectivity index (χ0v) is 16.9. The van der Waals surface area contributed by atoms with E-state index in [1.54, 1.807) is 12.1 Å². The van der Waals surface area contributed by atoms with Crippen LogP contribution in [0.25, 0.3) is 0 Å². The lowest BCUT2D eigenvalue weighted by molar-refractivity contribution is 0.1000. The van der Waals surface area contributed by atoms with Crippen molar-refractivity contribution in [3.63, 3.8) is 0 Å². The van der Waals surface area contributed by atoms with E-state index in [0.29, 0.717) is 17.5 Å². The highest BCUT2D eigenvalue weighted by Gasteiger charge is 2.12. The number of ether oxygens (including phenoxy) is 1. The van der Waals surface area contributed by atoms with E-state index in [1.165, 1.54) is 50.3 Å². The van der Waals surface area contributed by atoms with Gasteiger partial charge in [0.15, 0.2) is 0 Å². The lowest BCUT2D eigenvalue weighted by Crippen LogP contribution is -2.27. The number of pyridine rings is 1. The van der Waals surface area contributed by atoms with E-state index in [2.05, 4.69) is 45.0 Å². The minimum atomic E-state index is -0.496. The molecule has 0 unspecified atom stereocenters. The molecule has 1 saturated carbocycles. The van der Waals surface area contributed by atoms with Crippen molar-refractivity contribution in [2.45, 2.75) is 51.1 Å². The average molecular weight is 465 g/mol. The molecule has 2 aromatic rings. The SMILES string of the molecule is NC(=O)c1ccc(Oc2ccc(CNC3CCCCCC3)cc2I)nc1. The Hall–Kier alpha value is -1.67. The van der Waals surface area contributed by atoms with E-state index < -0.39 is 5.91 Å². The highest BCUT2D eigenvalue weighted by molar-refractivity contribution is 14.1. The molecule has 0 spiro atoms. The lowest BCUT2D eigenvalue weighted by atomic mass is 10.1. The minimum absolute atomic E-state index is 0.368. The van der Waals surface area contributed by atoms with Crippen LogP contribution in [0, 0.1) is 3.57 Å². The molecule has 0 radical (unpaired) electrons. The molecular formula is C20H24IN3O2. The minimum Gasteiger partial charge on any atom is -0.438 e. The van der Waals surface area contributed by atoms with Crippen LogP contribution in [-0.2, 0) is 6.54 Å². The molecule has 0 aliphatic heterocycles. The monoisotopic (exact) mass is 465 g/mol. The van der Waals surface area contributed by atoms with Crippen molar-refractivity contribution < 1.29 is 9.53 Å². The van der Waals surface area contributed by atoms with Gasteiger partial charge in [-0.15, -0.1) is 0 Å². The molecule has 0 atom stereocenters. The van der Waals surface area contributed by atoms with Gasteiger partial charge >= 0.3 is 0 Å². The highest BCUT2D eigenvalue weighted by Crippen LogP contribution is 2.27. The Labute approximate surface area is 167 Å². The Morgan fingerprint density at radius 3 is 2.58 bits per heavy atom. The molecule has 0 saturated heterocycles. The first-order valence-corrected chi connectivity index (χ1v) is 10.2. The van der Waals surface area contributed by atoms with Crippen LogP contribution >= 0.6 is 22.6 Å². The molecule has 138 valence electrons. The molecular weight excluding hydrogens is 441 g/mol. The molecule has 1 aromatic heterocycles. The molecule has 0 bridgehead atoms. The molecule has 6 heteroatoms. The Bertz CT molecular complexity index is 741. The first-order chi connectivity index (χ1) is 12.6. The fraction of sp³-hybridized carbons (Fsp3) is 0.400. The quantitative estimate of drug-likeness (QED) is 0.490. The van der Waals surface area contributed by atoms with E-state index in [-0.39, 0.29) is 0 Å². The van der Waals surface area contributed by atoms with Gasteiger partial charge < -0.3 is 15.8 Å². The van der Waals surface area contributed by atoms with Gasteiger partial charge in [0.25, 0.3) is 0 Å². The van der Waals surface area contributed by atoms with Gasteiger partial charge in [-0.1, -0.05) is 31.7 Å². The van der Waals surface area contributed by atoms with E-state index in [4.69, 9.17) is 10.5 Å². The predicted octanol–water partition coefficient (Wildman–Crippen LogP) is 4.39. The summed E-state index contributed by atoms with van der Waals surface area (Å²) in [6.45, 7) is 0.881. The van der Waals surface area contributed by atoms with Gasteiger partial charge in [-0.2, -0.15) is 0 Å². The van der Waals surface area contributed by atoms with Crippen LogP contribution in [0.15, 0.2) is 36.5 Å². The number of carbonyl (C=O) groups excluding carboxylic acids is 1. The molecule has 1 amide bonds. The summed E-state index contributed by atoms with van der Waals surface area (Å²) in [5, 5.41) is 3.69. The number of benzene rings is 1. The van der Waals surface area contributed by atoms with Gasteiger partial charge in [-0.3, -0.25) is 4.79 Å². The van der Waals surface area contributed by atoms with Crippen LogP contribution < -0.4 is 15.8 Å². The van der Waals surface area contributed by atoms with Crippen LogP contribution in [0.3, 0.4) is 0 Å². The van der Waals surface area contributed by atoms with E-state index >= 15 is 0 Å². The van der Waals surface area contributed by atoms with Crippen LogP contribution in [0.4, 0.5) is 0 Å².